The van der Waals surface area contributed by atoms with Crippen molar-refractivity contribution in [3.63, 3.8) is 0 Å². The molecule has 0 saturated carbocycles. The second-order valence-corrected chi connectivity index (χ2v) is 5.00. The Hall–Kier alpha value is -1.23. The third kappa shape index (κ3) is 7.38. The molecule has 9 heteroatoms. The summed E-state index contributed by atoms with van der Waals surface area (Å²) in [6, 6.07) is 0. The van der Waals surface area contributed by atoms with Crippen LogP contribution >= 0.6 is 0 Å². The molecule has 8 nitrogen and oxygen atoms in total. The zero-order chi connectivity index (χ0) is 15.3. The number of carbonyl (C=O) groups is 3. The van der Waals surface area contributed by atoms with Gasteiger partial charge in [-0.25, -0.2) is 14.4 Å². The van der Waals surface area contributed by atoms with Gasteiger partial charge in [0.25, 0.3) is 5.60 Å². The van der Waals surface area contributed by atoms with Crippen LogP contribution in [-0.2, 0) is 14.3 Å². The van der Waals surface area contributed by atoms with Gasteiger partial charge in [-0.3, -0.25) is 0 Å². The summed E-state index contributed by atoms with van der Waals surface area (Å²) in [5.41, 5.74) is -3.50. The number of alkyl carbamates (subject to hydrolysis) is 1. The van der Waals surface area contributed by atoms with Gasteiger partial charge in [-0.05, 0) is 33.6 Å². The van der Waals surface area contributed by atoms with Gasteiger partial charge in [0.15, 0.2) is 0 Å². The molecule has 0 radical (unpaired) electrons. The van der Waals surface area contributed by atoms with Crippen LogP contribution in [0.15, 0.2) is 0 Å². The number of ether oxygens (including phenoxy) is 1. The summed E-state index contributed by atoms with van der Waals surface area (Å²) in [7, 11) is 0. The number of aliphatic carboxylic acids is 2. The van der Waals surface area contributed by atoms with Gasteiger partial charge in [0.1, 0.15) is 5.60 Å². The molecule has 0 bridgehead atoms. The van der Waals surface area contributed by atoms with Crippen molar-refractivity contribution in [1.29, 1.82) is 0 Å². The first kappa shape index (κ1) is 21.1. The minimum atomic E-state index is -2.84. The quantitative estimate of drug-likeness (QED) is 0.295. The van der Waals surface area contributed by atoms with Gasteiger partial charge in [0.05, 0.1) is 0 Å². The Bertz CT molecular complexity index is 350. The van der Waals surface area contributed by atoms with E-state index in [0.29, 0.717) is 0 Å². The fraction of sp³-hybridized carbons (Fsp3) is 0.727. The minimum absolute atomic E-state index is 0. The Morgan fingerprint density at radius 1 is 1.10 bits per heavy atom. The van der Waals surface area contributed by atoms with Gasteiger partial charge >= 0.3 is 36.9 Å². The second-order valence-electron chi connectivity index (χ2n) is 5.00. The maximum absolute atomic E-state index is 11.2. The third-order valence-electron chi connectivity index (χ3n) is 2.09. The van der Waals surface area contributed by atoms with Crippen LogP contribution in [0, 0.1) is 0 Å². The molecule has 0 atom stereocenters. The molecular formula is C11H20LiNO7. The molecule has 20 heavy (non-hydrogen) atoms. The van der Waals surface area contributed by atoms with E-state index in [9.17, 15) is 19.5 Å². The average molecular weight is 285 g/mol. The Kier molecular flexibility index (Phi) is 8.58. The summed E-state index contributed by atoms with van der Waals surface area (Å²) in [5.74, 6) is -3.67. The molecule has 0 fully saturated rings. The summed E-state index contributed by atoms with van der Waals surface area (Å²) in [6.45, 7) is 5.04. The Morgan fingerprint density at radius 2 is 1.55 bits per heavy atom. The third-order valence-corrected chi connectivity index (χ3v) is 2.09. The number of rotatable bonds is 6. The van der Waals surface area contributed by atoms with Crippen LogP contribution in [0.2, 0.25) is 0 Å². The van der Waals surface area contributed by atoms with Crippen LogP contribution in [0.3, 0.4) is 0 Å². The topological polar surface area (TPSA) is 133 Å². The van der Waals surface area contributed by atoms with Crippen LogP contribution in [0.1, 0.15) is 33.6 Å². The second kappa shape index (κ2) is 8.14. The molecule has 0 aromatic rings. The van der Waals surface area contributed by atoms with E-state index >= 15 is 0 Å². The molecule has 0 rings (SSSR count). The van der Waals surface area contributed by atoms with E-state index < -0.39 is 35.7 Å². The SMILES string of the molecule is CC(C)(C)OC(=O)NCCCC(O)(C(=O)O)C(=O)O.[LiH]. The number of hydrogen-bond acceptors (Lipinski definition) is 5. The predicted octanol–water partition coefficient (Wildman–Crippen LogP) is -0.457. The maximum atomic E-state index is 11.2. The molecule has 0 saturated heterocycles. The van der Waals surface area contributed by atoms with Gasteiger partial charge in [-0.2, -0.15) is 0 Å². The summed E-state index contributed by atoms with van der Waals surface area (Å²) >= 11 is 0. The monoisotopic (exact) mass is 285 g/mol. The van der Waals surface area contributed by atoms with Gasteiger partial charge in [-0.15, -0.1) is 0 Å². The number of aliphatic hydroxyl groups is 1. The normalized spacial score (nSPS) is 11.2. The van der Waals surface area contributed by atoms with E-state index in [2.05, 4.69) is 5.32 Å². The van der Waals surface area contributed by atoms with Crippen molar-refractivity contribution in [2.24, 2.45) is 0 Å². The number of carbonyl (C=O) groups excluding carboxylic acids is 1. The first-order chi connectivity index (χ1) is 8.49. The molecule has 0 unspecified atom stereocenters. The Labute approximate surface area is 128 Å². The van der Waals surface area contributed by atoms with Crippen molar-refractivity contribution in [1.82, 2.24) is 5.32 Å². The van der Waals surface area contributed by atoms with Crippen LogP contribution in [-0.4, -0.2) is 70.0 Å². The van der Waals surface area contributed by atoms with E-state index in [1.807, 2.05) is 0 Å². The van der Waals surface area contributed by atoms with Crippen LogP contribution < -0.4 is 5.32 Å². The predicted molar refractivity (Wildman–Crippen MR) is 70.8 cm³/mol. The van der Waals surface area contributed by atoms with E-state index in [-0.39, 0.29) is 31.8 Å². The fourth-order valence-electron chi connectivity index (χ4n) is 1.15. The number of hydrogen-bond donors (Lipinski definition) is 4. The van der Waals surface area contributed by atoms with Crippen molar-refractivity contribution in [2.75, 3.05) is 6.54 Å². The van der Waals surface area contributed by atoms with E-state index in [1.54, 1.807) is 20.8 Å². The molecule has 0 aliphatic rings. The van der Waals surface area contributed by atoms with Gasteiger partial charge in [0.2, 0.25) is 0 Å². The standard InChI is InChI=1S/C11H19NO7.Li.H/c1-10(2,3)19-9(17)12-6-4-5-11(18,7(13)14)8(15)16;;/h18H,4-6H2,1-3H3,(H,12,17)(H,13,14)(H,15,16);;. The first-order valence-corrected chi connectivity index (χ1v) is 5.65. The van der Waals surface area contributed by atoms with E-state index in [1.165, 1.54) is 0 Å². The summed E-state index contributed by atoms with van der Waals surface area (Å²) in [4.78, 5) is 32.5. The molecule has 0 aromatic heterocycles. The van der Waals surface area contributed by atoms with E-state index in [4.69, 9.17) is 14.9 Å². The van der Waals surface area contributed by atoms with Crippen LogP contribution in [0.5, 0.6) is 0 Å². The van der Waals surface area contributed by atoms with E-state index in [0.717, 1.165) is 0 Å². The molecule has 0 heterocycles. The summed E-state index contributed by atoms with van der Waals surface area (Å²) in [5, 5.41) is 28.9. The number of carboxylic acid groups (broad SMARTS) is 2. The molecule has 0 spiro atoms. The van der Waals surface area contributed by atoms with Crippen molar-refractivity contribution in [3.05, 3.63) is 0 Å². The van der Waals surface area contributed by atoms with Crippen molar-refractivity contribution < 1.29 is 34.4 Å². The van der Waals surface area contributed by atoms with Crippen LogP contribution in [0.25, 0.3) is 0 Å². The summed E-state index contributed by atoms with van der Waals surface area (Å²) < 4.78 is 4.92. The Morgan fingerprint density at radius 3 is 1.90 bits per heavy atom. The zero-order valence-corrected chi connectivity index (χ0v) is 11.1. The molecule has 4 N–H and O–H groups in total. The molecular weight excluding hydrogens is 265 g/mol. The first-order valence-electron chi connectivity index (χ1n) is 5.65. The molecule has 0 aliphatic carbocycles. The molecule has 0 aliphatic heterocycles. The fourth-order valence-corrected chi connectivity index (χ4v) is 1.15. The average Bonchev–Trinajstić information content (AvgIpc) is 2.20. The molecule has 1 amide bonds. The Balaban J connectivity index is 0. The van der Waals surface area contributed by atoms with Crippen molar-refractivity contribution >= 4 is 36.9 Å². The number of carboxylic acids is 2. The summed E-state index contributed by atoms with van der Waals surface area (Å²) in [6.07, 6.45) is -1.23. The zero-order valence-electron chi connectivity index (χ0n) is 11.1. The molecule has 112 valence electrons. The number of amides is 1. The van der Waals surface area contributed by atoms with Gasteiger partial charge in [0, 0.05) is 6.54 Å². The van der Waals surface area contributed by atoms with Gasteiger partial charge < -0.3 is 25.4 Å². The molecule has 0 aromatic carbocycles. The van der Waals surface area contributed by atoms with Crippen molar-refractivity contribution in [3.8, 4) is 0 Å². The van der Waals surface area contributed by atoms with Crippen molar-refractivity contribution in [2.45, 2.75) is 44.8 Å². The van der Waals surface area contributed by atoms with Gasteiger partial charge in [-0.1, -0.05) is 0 Å². The number of nitrogens with one attached hydrogen (secondary N) is 1. The van der Waals surface area contributed by atoms with Crippen LogP contribution in [0.4, 0.5) is 4.79 Å².